The maximum absolute atomic E-state index is 6.98. The molecule has 0 atom stereocenters. The number of fused-ring (bicyclic) bond motifs is 8. The topological polar surface area (TPSA) is 22.9 Å². The van der Waals surface area contributed by atoms with Gasteiger partial charge in [-0.1, -0.05) is 193 Å². The van der Waals surface area contributed by atoms with E-state index in [0.717, 1.165) is 73.0 Å². The number of furan rings is 1. The highest BCUT2D eigenvalue weighted by molar-refractivity contribution is 6.94. The van der Waals surface area contributed by atoms with Crippen LogP contribution in [0.4, 0.5) is 45.5 Å². The number of hydrogen-bond acceptors (Lipinski definition) is 4. The van der Waals surface area contributed by atoms with Crippen LogP contribution in [0.25, 0.3) is 55.3 Å². The van der Waals surface area contributed by atoms with E-state index in [1.807, 2.05) is 0 Å². The molecule has 0 bridgehead atoms. The molecule has 11 aromatic rings. The number of anilines is 8. The molecular weight excluding hydrogens is 898 g/mol. The Hall–Kier alpha value is -8.54. The fourth-order valence-electron chi connectivity index (χ4n) is 11.6. The molecule has 0 saturated carbocycles. The molecule has 0 radical (unpaired) electrons. The van der Waals surface area contributed by atoms with Crippen molar-refractivity contribution in [1.29, 1.82) is 0 Å². The van der Waals surface area contributed by atoms with Crippen LogP contribution in [0.2, 0.25) is 0 Å². The van der Waals surface area contributed by atoms with Gasteiger partial charge in [0.25, 0.3) is 0 Å². The normalized spacial score (nSPS) is 13.0. The van der Waals surface area contributed by atoms with E-state index in [9.17, 15) is 0 Å². The number of hydrogen-bond donors (Lipinski definition) is 0. The van der Waals surface area contributed by atoms with Crippen molar-refractivity contribution in [1.82, 2.24) is 0 Å². The number of nitrogens with zero attached hydrogens (tertiary/aromatic N) is 3. The Morgan fingerprint density at radius 2 is 0.986 bits per heavy atom. The summed E-state index contributed by atoms with van der Waals surface area (Å²) in [5, 5.41) is 2.22. The van der Waals surface area contributed by atoms with Crippen LogP contribution < -0.4 is 25.5 Å². The first-order valence-electron chi connectivity index (χ1n) is 26.0. The van der Waals surface area contributed by atoms with Crippen molar-refractivity contribution in [2.75, 3.05) is 14.6 Å². The van der Waals surface area contributed by atoms with Crippen LogP contribution in [0.5, 0.6) is 0 Å². The number of para-hydroxylation sites is 2. The van der Waals surface area contributed by atoms with E-state index in [-0.39, 0.29) is 17.7 Å². The van der Waals surface area contributed by atoms with Crippen molar-refractivity contribution >= 4 is 85.2 Å². The van der Waals surface area contributed by atoms with Crippen LogP contribution >= 0.6 is 0 Å². The molecule has 1 aromatic heterocycles. The second-order valence-electron chi connectivity index (χ2n) is 22.2. The van der Waals surface area contributed by atoms with Crippen LogP contribution in [0.15, 0.2) is 229 Å². The van der Waals surface area contributed by atoms with E-state index in [2.05, 4.69) is 288 Å². The summed E-state index contributed by atoms with van der Waals surface area (Å²) in [6, 6.07) is 83.1. The summed E-state index contributed by atoms with van der Waals surface area (Å²) in [5.74, 6) is 0. The van der Waals surface area contributed by atoms with Gasteiger partial charge in [0.1, 0.15) is 11.2 Å². The van der Waals surface area contributed by atoms with Gasteiger partial charge in [0.05, 0.1) is 11.1 Å². The van der Waals surface area contributed by atoms with E-state index >= 15 is 0 Å². The van der Waals surface area contributed by atoms with Crippen molar-refractivity contribution in [3.05, 3.63) is 241 Å². The molecule has 0 saturated heterocycles. The maximum atomic E-state index is 6.98. The Labute approximate surface area is 435 Å². The van der Waals surface area contributed by atoms with E-state index in [1.165, 1.54) is 55.4 Å². The van der Waals surface area contributed by atoms with Gasteiger partial charge < -0.3 is 19.0 Å². The lowest BCUT2D eigenvalue weighted by atomic mass is 9.43. The zero-order chi connectivity index (χ0) is 50.5. The van der Waals surface area contributed by atoms with Gasteiger partial charge in [-0.25, -0.2) is 0 Å². The average molecular weight is 956 g/mol. The molecule has 0 spiro atoms. The third kappa shape index (κ3) is 7.52. The first kappa shape index (κ1) is 45.3. The molecule has 4 nitrogen and oxygen atoms in total. The fourth-order valence-corrected chi connectivity index (χ4v) is 11.6. The van der Waals surface area contributed by atoms with Crippen LogP contribution in [0.1, 0.15) is 58.2 Å². The molecule has 0 unspecified atom stereocenters. The fraction of sp³-hybridized carbons (Fsp3) is 0.130. The summed E-state index contributed by atoms with van der Waals surface area (Å²) in [4.78, 5) is 7.61. The van der Waals surface area contributed by atoms with E-state index < -0.39 is 0 Å². The van der Waals surface area contributed by atoms with Crippen LogP contribution in [0.3, 0.4) is 0 Å². The van der Waals surface area contributed by atoms with Crippen LogP contribution in [-0.4, -0.2) is 6.85 Å². The zero-order valence-electron chi connectivity index (χ0n) is 43.2. The van der Waals surface area contributed by atoms with Crippen molar-refractivity contribution in [3.8, 4) is 33.4 Å². The highest BCUT2D eigenvalue weighted by atomic mass is 16.3. The SMILES string of the molecule is Cc1ccccc1N1c2ccc(-c3ccccc3)cc2B2c3c(cc4oc5ccccc5c4c31)-c1ccc(N(c3ccc(C(C)(C)C)cc3)c3ccc(C(C)(C)C)cc3)cc1N2c1ccc(-c2ccccc2)cc1. The molecule has 10 aromatic carbocycles. The largest absolute Gasteiger partial charge is 0.456 e. The van der Waals surface area contributed by atoms with Crippen LogP contribution in [0, 0.1) is 6.92 Å². The van der Waals surface area contributed by atoms with Crippen LogP contribution in [-0.2, 0) is 10.8 Å². The highest BCUT2D eigenvalue weighted by Gasteiger charge is 2.47. The molecule has 0 N–H and O–H groups in total. The standard InChI is InChI=1S/C69H58BN3O/c1-45-18-14-16-24-60(45)72-61-41-28-49(47-21-12-9-13-22-47)42-59(61)70-66-58(44-64-65(67(66)72)57-23-15-17-25-63(57)74-64)56-40-39-55(43-62(56)73(70)54-33-26-48(27-34-54)46-19-10-8-11-20-46)71(52-35-29-50(30-36-52)68(2,3)4)53-37-31-51(32-38-53)69(5,6)7/h8-44H,1-7H3. The molecule has 358 valence electrons. The number of rotatable bonds is 7. The van der Waals surface area contributed by atoms with Crippen molar-refractivity contribution in [3.63, 3.8) is 0 Å². The predicted octanol–water partition coefficient (Wildman–Crippen LogP) is 18.0. The Kier molecular flexibility index (Phi) is 10.6. The minimum absolute atomic E-state index is 0.0169. The smallest absolute Gasteiger partial charge is 0.333 e. The Bertz CT molecular complexity index is 3860. The van der Waals surface area contributed by atoms with E-state index in [1.54, 1.807) is 0 Å². The third-order valence-corrected chi connectivity index (χ3v) is 15.5. The van der Waals surface area contributed by atoms with Gasteiger partial charge in [0.15, 0.2) is 0 Å². The molecule has 3 heterocycles. The molecule has 2 aliphatic heterocycles. The monoisotopic (exact) mass is 955 g/mol. The van der Waals surface area contributed by atoms with Gasteiger partial charge in [0, 0.05) is 50.8 Å². The van der Waals surface area contributed by atoms with Gasteiger partial charge in [0.2, 0.25) is 0 Å². The van der Waals surface area contributed by atoms with Crippen molar-refractivity contribution < 1.29 is 4.42 Å². The van der Waals surface area contributed by atoms with E-state index in [4.69, 9.17) is 4.42 Å². The number of aryl methyl sites for hydroxylation is 1. The van der Waals surface area contributed by atoms with E-state index in [0.29, 0.717) is 0 Å². The van der Waals surface area contributed by atoms with Gasteiger partial charge in [-0.3, -0.25) is 0 Å². The lowest BCUT2D eigenvalue weighted by Crippen LogP contribution is -2.61. The molecular formula is C69H58BN3O. The summed E-state index contributed by atoms with van der Waals surface area (Å²) in [6.07, 6.45) is 0. The minimum Gasteiger partial charge on any atom is -0.456 e. The Morgan fingerprint density at radius 3 is 1.62 bits per heavy atom. The first-order chi connectivity index (χ1) is 35.9. The first-order valence-corrected chi connectivity index (χ1v) is 26.0. The molecule has 5 heteroatoms. The molecule has 2 aliphatic rings. The molecule has 13 rings (SSSR count). The van der Waals surface area contributed by atoms with Gasteiger partial charge in [-0.15, -0.1) is 0 Å². The summed E-state index contributed by atoms with van der Waals surface area (Å²) in [6.45, 7) is 15.7. The summed E-state index contributed by atoms with van der Waals surface area (Å²) < 4.78 is 6.98. The molecule has 0 amide bonds. The van der Waals surface area contributed by atoms with Gasteiger partial charge >= 0.3 is 6.85 Å². The third-order valence-electron chi connectivity index (χ3n) is 15.5. The predicted molar refractivity (Wildman–Crippen MR) is 315 cm³/mol. The molecule has 0 fully saturated rings. The number of benzene rings is 10. The summed E-state index contributed by atoms with van der Waals surface area (Å²) in [5.41, 5.74) is 24.1. The quantitative estimate of drug-likeness (QED) is 0.149. The molecule has 74 heavy (non-hydrogen) atoms. The zero-order valence-corrected chi connectivity index (χ0v) is 43.2. The Morgan fingerprint density at radius 1 is 0.432 bits per heavy atom. The molecule has 0 aliphatic carbocycles. The average Bonchev–Trinajstić information content (AvgIpc) is 3.86. The van der Waals surface area contributed by atoms with Gasteiger partial charge in [-0.05, 0) is 146 Å². The second-order valence-corrected chi connectivity index (χ2v) is 22.2. The lowest BCUT2D eigenvalue weighted by Gasteiger charge is -2.46. The van der Waals surface area contributed by atoms with Crippen molar-refractivity contribution in [2.24, 2.45) is 0 Å². The second kappa shape index (κ2) is 17.3. The highest BCUT2D eigenvalue weighted by Crippen LogP contribution is 2.53. The summed E-state index contributed by atoms with van der Waals surface area (Å²) in [7, 11) is 0. The van der Waals surface area contributed by atoms with Gasteiger partial charge in [-0.2, -0.15) is 0 Å². The lowest BCUT2D eigenvalue weighted by molar-refractivity contribution is 0.590. The summed E-state index contributed by atoms with van der Waals surface area (Å²) >= 11 is 0. The maximum Gasteiger partial charge on any atom is 0.333 e. The minimum atomic E-state index is -0.243. The Balaban J connectivity index is 1.13. The van der Waals surface area contributed by atoms with Crippen molar-refractivity contribution in [2.45, 2.75) is 59.3 Å².